The van der Waals surface area contributed by atoms with Gasteiger partial charge in [-0.2, -0.15) is 4.79 Å². The summed E-state index contributed by atoms with van der Waals surface area (Å²) in [4.78, 5) is 23.5. The Labute approximate surface area is 68.4 Å². The average Bonchev–Trinajstić information content (AvgIpc) is 2.03. The van der Waals surface area contributed by atoms with E-state index >= 15 is 0 Å². The Bertz CT molecular complexity index is 254. The van der Waals surface area contributed by atoms with Crippen LogP contribution in [0.3, 0.4) is 0 Å². The van der Waals surface area contributed by atoms with Crippen molar-refractivity contribution in [1.29, 1.82) is 0 Å². The van der Waals surface area contributed by atoms with E-state index in [1.54, 1.807) is 0 Å². The molecule has 6 heteroatoms. The van der Waals surface area contributed by atoms with E-state index in [-0.39, 0.29) is 0 Å². The number of carboxylic acids is 1. The molecular weight excluding hydrogens is 164 g/mol. The van der Waals surface area contributed by atoms with Crippen molar-refractivity contribution < 1.29 is 24.2 Å². The third-order valence-electron chi connectivity index (χ3n) is 1.26. The number of aliphatic carboxylic acids is 1. The maximum Gasteiger partial charge on any atom is 0.444 e. The van der Waals surface area contributed by atoms with Crippen molar-refractivity contribution in [3.05, 3.63) is 5.53 Å². The second kappa shape index (κ2) is 4.38. The van der Waals surface area contributed by atoms with Crippen LogP contribution in [0.5, 0.6) is 0 Å². The van der Waals surface area contributed by atoms with Gasteiger partial charge < -0.3 is 15.4 Å². The van der Waals surface area contributed by atoms with Crippen LogP contribution >= 0.6 is 0 Å². The van der Waals surface area contributed by atoms with Crippen LogP contribution in [-0.2, 0) is 14.3 Å². The SMILES string of the molecule is COC(C)C(=O)C(=[N+]=[N-])C(=O)O. The third-order valence-corrected chi connectivity index (χ3v) is 1.26. The van der Waals surface area contributed by atoms with Gasteiger partial charge in [-0.3, -0.25) is 4.79 Å². The fourth-order valence-corrected chi connectivity index (χ4v) is 0.497. The second-order valence-electron chi connectivity index (χ2n) is 2.00. The zero-order valence-corrected chi connectivity index (χ0v) is 6.64. The number of rotatable bonds is 4. The number of nitrogens with zero attached hydrogens (tertiary/aromatic N) is 2. The van der Waals surface area contributed by atoms with E-state index in [9.17, 15) is 9.59 Å². The second-order valence-corrected chi connectivity index (χ2v) is 2.00. The van der Waals surface area contributed by atoms with Crippen LogP contribution in [0.2, 0.25) is 0 Å². The lowest BCUT2D eigenvalue weighted by molar-refractivity contribution is -0.138. The van der Waals surface area contributed by atoms with Gasteiger partial charge in [-0.15, -0.1) is 0 Å². The standard InChI is InChI=1S/C6H8N2O4/c1-3(12-2)5(9)4(8-7)6(10)11/h3H,1-2H3,(H,10,11). The maximum absolute atomic E-state index is 11.0. The molecule has 0 rings (SSSR count). The lowest BCUT2D eigenvalue weighted by atomic mass is 10.1. The van der Waals surface area contributed by atoms with Crippen molar-refractivity contribution in [3.63, 3.8) is 0 Å². The number of carbonyl (C=O) groups is 2. The molecule has 1 N–H and O–H groups in total. The van der Waals surface area contributed by atoms with Gasteiger partial charge in [-0.25, -0.2) is 4.79 Å². The highest BCUT2D eigenvalue weighted by molar-refractivity contribution is 6.62. The minimum Gasteiger partial charge on any atom is -0.472 e. The van der Waals surface area contributed by atoms with Crippen LogP contribution in [0.15, 0.2) is 0 Å². The highest BCUT2D eigenvalue weighted by atomic mass is 16.5. The van der Waals surface area contributed by atoms with Gasteiger partial charge in [0.25, 0.3) is 5.78 Å². The minimum absolute atomic E-state index is 0.868. The average molecular weight is 172 g/mol. The van der Waals surface area contributed by atoms with Gasteiger partial charge in [0.05, 0.1) is 0 Å². The Kier molecular flexibility index (Phi) is 3.82. The van der Waals surface area contributed by atoms with E-state index < -0.39 is 23.6 Å². The van der Waals surface area contributed by atoms with Gasteiger partial charge in [0.15, 0.2) is 0 Å². The molecular formula is C6H8N2O4. The molecule has 0 aliphatic heterocycles. The molecule has 0 aromatic rings. The lowest BCUT2D eigenvalue weighted by Crippen LogP contribution is -2.33. The normalized spacial score (nSPS) is 11.5. The van der Waals surface area contributed by atoms with Crippen molar-refractivity contribution in [2.24, 2.45) is 0 Å². The molecule has 0 saturated heterocycles. The summed E-state index contributed by atoms with van der Waals surface area (Å²) in [5.41, 5.74) is 7.22. The monoisotopic (exact) mass is 172 g/mol. The molecule has 0 bridgehead atoms. The summed E-state index contributed by atoms with van der Waals surface area (Å²) in [5, 5.41) is 8.32. The minimum atomic E-state index is -1.58. The summed E-state index contributed by atoms with van der Waals surface area (Å²) in [6.45, 7) is 1.36. The fourth-order valence-electron chi connectivity index (χ4n) is 0.497. The van der Waals surface area contributed by atoms with E-state index in [1.165, 1.54) is 14.0 Å². The molecule has 6 nitrogen and oxygen atoms in total. The molecule has 1 atom stereocenters. The largest absolute Gasteiger partial charge is 0.472 e. The van der Waals surface area contributed by atoms with E-state index in [4.69, 9.17) is 10.6 Å². The molecule has 0 aliphatic carbocycles. The van der Waals surface area contributed by atoms with Gasteiger partial charge in [-0.05, 0) is 6.92 Å². The zero-order chi connectivity index (χ0) is 9.72. The van der Waals surface area contributed by atoms with E-state index in [0.29, 0.717) is 0 Å². The molecule has 0 aromatic carbocycles. The van der Waals surface area contributed by atoms with Gasteiger partial charge in [0.2, 0.25) is 0 Å². The first-order chi connectivity index (χ1) is 5.54. The Morgan fingerprint density at radius 1 is 1.58 bits per heavy atom. The number of ketones is 1. The Hall–Kier alpha value is -1.52. The predicted molar refractivity (Wildman–Crippen MR) is 37.7 cm³/mol. The molecule has 0 aromatic heterocycles. The molecule has 0 radical (unpaired) electrons. The highest BCUT2D eigenvalue weighted by Crippen LogP contribution is 1.91. The van der Waals surface area contributed by atoms with Crippen LogP contribution in [0, 0.1) is 0 Å². The van der Waals surface area contributed by atoms with Crippen LogP contribution in [0.1, 0.15) is 6.92 Å². The number of carbonyl (C=O) groups excluding carboxylic acids is 1. The first-order valence-electron chi connectivity index (χ1n) is 3.07. The third kappa shape index (κ3) is 2.26. The quantitative estimate of drug-likeness (QED) is 0.263. The van der Waals surface area contributed by atoms with Crippen molar-refractivity contribution in [1.82, 2.24) is 0 Å². The van der Waals surface area contributed by atoms with E-state index in [2.05, 4.69) is 9.53 Å². The topological polar surface area (TPSA) is 100 Å². The number of carboxylic acid groups (broad SMARTS) is 1. The van der Waals surface area contributed by atoms with Crippen LogP contribution in [0.4, 0.5) is 0 Å². The predicted octanol–water partition coefficient (Wildman–Crippen LogP) is -0.654. The van der Waals surface area contributed by atoms with Crippen molar-refractivity contribution in [2.45, 2.75) is 13.0 Å². The fraction of sp³-hybridized carbons (Fsp3) is 0.500. The van der Waals surface area contributed by atoms with Gasteiger partial charge in [0, 0.05) is 7.11 Å². The molecule has 0 amide bonds. The summed E-state index contributed by atoms with van der Waals surface area (Å²) in [6, 6.07) is 0. The Morgan fingerprint density at radius 3 is 2.33 bits per heavy atom. The Balaban J connectivity index is 4.68. The first kappa shape index (κ1) is 10.5. The van der Waals surface area contributed by atoms with Gasteiger partial charge in [0.1, 0.15) is 6.10 Å². The smallest absolute Gasteiger partial charge is 0.444 e. The Morgan fingerprint density at radius 2 is 2.08 bits per heavy atom. The molecule has 1 unspecified atom stereocenters. The zero-order valence-electron chi connectivity index (χ0n) is 6.64. The summed E-state index contributed by atoms with van der Waals surface area (Å²) in [5.74, 6) is -2.45. The number of Topliss-reactive ketones (excluding diaryl/α,β-unsaturated/α-hetero) is 1. The van der Waals surface area contributed by atoms with Crippen molar-refractivity contribution >= 4 is 17.5 Å². The molecule has 0 saturated carbocycles. The summed E-state index contributed by atoms with van der Waals surface area (Å²) >= 11 is 0. The van der Waals surface area contributed by atoms with Crippen LogP contribution < -0.4 is 0 Å². The molecule has 0 aliphatic rings. The van der Waals surface area contributed by atoms with Crippen LogP contribution in [0.25, 0.3) is 5.53 Å². The number of methoxy groups -OCH3 is 1. The van der Waals surface area contributed by atoms with Crippen molar-refractivity contribution in [3.8, 4) is 0 Å². The van der Waals surface area contributed by atoms with Gasteiger partial charge >= 0.3 is 11.7 Å². The molecule has 0 fully saturated rings. The summed E-state index contributed by atoms with van der Waals surface area (Å²) in [6.07, 6.45) is -0.924. The first-order valence-corrected chi connectivity index (χ1v) is 3.07. The highest BCUT2D eigenvalue weighted by Gasteiger charge is 2.33. The van der Waals surface area contributed by atoms with E-state index in [0.717, 1.165) is 0 Å². The summed E-state index contributed by atoms with van der Waals surface area (Å²) < 4.78 is 4.54. The number of hydrogen-bond donors (Lipinski definition) is 1. The van der Waals surface area contributed by atoms with E-state index in [1.807, 2.05) is 0 Å². The van der Waals surface area contributed by atoms with Crippen molar-refractivity contribution in [2.75, 3.05) is 7.11 Å². The number of ether oxygens (including phenoxy) is 1. The van der Waals surface area contributed by atoms with Gasteiger partial charge in [-0.1, -0.05) is 0 Å². The molecule has 66 valence electrons. The molecule has 0 spiro atoms. The number of hydrogen-bond acceptors (Lipinski definition) is 3. The van der Waals surface area contributed by atoms with Crippen LogP contribution in [-0.4, -0.2) is 40.6 Å². The maximum atomic E-state index is 11.0. The summed E-state index contributed by atoms with van der Waals surface area (Å²) in [7, 11) is 1.25. The molecule has 12 heavy (non-hydrogen) atoms. The molecule has 0 heterocycles. The lowest BCUT2D eigenvalue weighted by Gasteiger charge is -2.01.